The van der Waals surface area contributed by atoms with Gasteiger partial charge in [0.05, 0.1) is 18.3 Å². The molecule has 1 aromatic heterocycles. The van der Waals surface area contributed by atoms with Gasteiger partial charge in [0, 0.05) is 12.2 Å². The highest BCUT2D eigenvalue weighted by atomic mass is 79.9. The van der Waals surface area contributed by atoms with Gasteiger partial charge in [0.25, 0.3) is 0 Å². The third-order valence-electron chi connectivity index (χ3n) is 3.26. The number of aromatic nitrogens is 2. The Morgan fingerprint density at radius 1 is 1.30 bits per heavy atom. The van der Waals surface area contributed by atoms with E-state index in [9.17, 15) is 4.79 Å². The molecule has 2 heterocycles. The number of halogens is 1. The predicted octanol–water partition coefficient (Wildman–Crippen LogP) is 2.46. The van der Waals surface area contributed by atoms with Gasteiger partial charge < -0.3 is 10.6 Å². The predicted molar refractivity (Wildman–Crippen MR) is 80.5 cm³/mol. The van der Waals surface area contributed by atoms with Crippen LogP contribution in [0.25, 0.3) is 0 Å². The van der Waals surface area contributed by atoms with E-state index in [-0.39, 0.29) is 11.8 Å². The van der Waals surface area contributed by atoms with Gasteiger partial charge in [0.15, 0.2) is 5.82 Å². The summed E-state index contributed by atoms with van der Waals surface area (Å²) >= 11 is 3.21. The minimum atomic E-state index is -0.102. The molecule has 2 aromatic rings. The van der Waals surface area contributed by atoms with E-state index >= 15 is 0 Å². The van der Waals surface area contributed by atoms with E-state index in [0.29, 0.717) is 17.0 Å². The quantitative estimate of drug-likeness (QED) is 0.886. The van der Waals surface area contributed by atoms with Crippen LogP contribution in [0.1, 0.15) is 5.56 Å². The zero-order valence-electron chi connectivity index (χ0n) is 10.6. The molecular formula is C14H13BrN4O. The number of rotatable bonds is 2. The van der Waals surface area contributed by atoms with Crippen molar-refractivity contribution in [2.45, 2.75) is 6.42 Å². The van der Waals surface area contributed by atoms with Crippen LogP contribution in [-0.4, -0.2) is 22.4 Å². The van der Waals surface area contributed by atoms with Gasteiger partial charge in [-0.05, 0) is 34.0 Å². The highest BCUT2D eigenvalue weighted by Crippen LogP contribution is 2.24. The molecule has 2 N–H and O–H groups in total. The van der Waals surface area contributed by atoms with E-state index < -0.39 is 0 Å². The SMILES string of the molecule is O=C(Nc1cnc(Br)cn1)C1CNc2ccccc2C1. The van der Waals surface area contributed by atoms with E-state index in [0.717, 1.165) is 12.1 Å². The summed E-state index contributed by atoms with van der Waals surface area (Å²) in [5, 5.41) is 6.08. The van der Waals surface area contributed by atoms with Crippen LogP contribution in [-0.2, 0) is 11.2 Å². The molecule has 0 spiro atoms. The number of carbonyl (C=O) groups excluding carboxylic acids is 1. The average molecular weight is 333 g/mol. The second kappa shape index (κ2) is 5.58. The maximum Gasteiger partial charge on any atom is 0.230 e. The molecule has 5 nitrogen and oxygen atoms in total. The number of hydrogen-bond acceptors (Lipinski definition) is 4. The van der Waals surface area contributed by atoms with Crippen LogP contribution < -0.4 is 10.6 Å². The maximum absolute atomic E-state index is 12.2. The second-order valence-electron chi connectivity index (χ2n) is 4.65. The highest BCUT2D eigenvalue weighted by molar-refractivity contribution is 9.10. The number of carbonyl (C=O) groups is 1. The third kappa shape index (κ3) is 2.80. The summed E-state index contributed by atoms with van der Waals surface area (Å²) in [6, 6.07) is 8.05. The van der Waals surface area contributed by atoms with Crippen molar-refractivity contribution < 1.29 is 4.79 Å². The first-order valence-electron chi connectivity index (χ1n) is 6.32. The number of nitrogens with one attached hydrogen (secondary N) is 2. The molecule has 1 amide bonds. The molecule has 1 aliphatic rings. The molecular weight excluding hydrogens is 320 g/mol. The van der Waals surface area contributed by atoms with E-state index in [1.54, 1.807) is 6.20 Å². The summed E-state index contributed by atoms with van der Waals surface area (Å²) in [6.07, 6.45) is 3.83. The number of anilines is 2. The monoisotopic (exact) mass is 332 g/mol. The van der Waals surface area contributed by atoms with Crippen molar-refractivity contribution in [2.24, 2.45) is 5.92 Å². The molecule has 0 aliphatic carbocycles. The zero-order valence-corrected chi connectivity index (χ0v) is 12.2. The molecule has 3 rings (SSSR count). The molecule has 6 heteroatoms. The van der Waals surface area contributed by atoms with Gasteiger partial charge in [-0.3, -0.25) is 4.79 Å². The fourth-order valence-electron chi connectivity index (χ4n) is 2.23. The van der Waals surface area contributed by atoms with E-state index in [1.807, 2.05) is 24.3 Å². The van der Waals surface area contributed by atoms with Crippen LogP contribution in [0.5, 0.6) is 0 Å². The summed E-state index contributed by atoms with van der Waals surface area (Å²) in [6.45, 7) is 0.632. The number of nitrogens with zero attached hydrogens (tertiary/aromatic N) is 2. The fraction of sp³-hybridized carbons (Fsp3) is 0.214. The minimum absolute atomic E-state index is 0.0383. The molecule has 1 aliphatic heterocycles. The van der Waals surface area contributed by atoms with Gasteiger partial charge >= 0.3 is 0 Å². The lowest BCUT2D eigenvalue weighted by Gasteiger charge is -2.25. The molecule has 102 valence electrons. The Morgan fingerprint density at radius 2 is 2.15 bits per heavy atom. The van der Waals surface area contributed by atoms with Gasteiger partial charge in [0.1, 0.15) is 4.60 Å². The van der Waals surface area contributed by atoms with Gasteiger partial charge in [-0.1, -0.05) is 18.2 Å². The topological polar surface area (TPSA) is 66.9 Å². The smallest absolute Gasteiger partial charge is 0.230 e. The van der Waals surface area contributed by atoms with Crippen molar-refractivity contribution in [3.63, 3.8) is 0 Å². The van der Waals surface area contributed by atoms with Crippen molar-refractivity contribution in [1.82, 2.24) is 9.97 Å². The molecule has 0 fully saturated rings. The van der Waals surface area contributed by atoms with Crippen molar-refractivity contribution in [1.29, 1.82) is 0 Å². The number of hydrogen-bond donors (Lipinski definition) is 2. The Bertz CT molecular complexity index is 629. The van der Waals surface area contributed by atoms with Crippen molar-refractivity contribution in [3.05, 3.63) is 46.8 Å². The summed E-state index contributed by atoms with van der Waals surface area (Å²) < 4.78 is 0.642. The average Bonchev–Trinajstić information content (AvgIpc) is 2.49. The van der Waals surface area contributed by atoms with Crippen LogP contribution in [0.4, 0.5) is 11.5 Å². The second-order valence-corrected chi connectivity index (χ2v) is 5.47. The van der Waals surface area contributed by atoms with Crippen molar-refractivity contribution in [3.8, 4) is 0 Å². The van der Waals surface area contributed by atoms with E-state index in [4.69, 9.17) is 0 Å². The molecule has 1 unspecified atom stereocenters. The molecule has 1 atom stereocenters. The van der Waals surface area contributed by atoms with Gasteiger partial charge in [-0.2, -0.15) is 0 Å². The molecule has 0 bridgehead atoms. The number of benzene rings is 1. The Balaban J connectivity index is 1.68. The summed E-state index contributed by atoms with van der Waals surface area (Å²) in [5.41, 5.74) is 2.28. The lowest BCUT2D eigenvalue weighted by atomic mass is 9.93. The summed E-state index contributed by atoms with van der Waals surface area (Å²) in [4.78, 5) is 20.4. The third-order valence-corrected chi connectivity index (χ3v) is 3.67. The molecule has 0 saturated heterocycles. The summed E-state index contributed by atoms with van der Waals surface area (Å²) in [7, 11) is 0. The van der Waals surface area contributed by atoms with Crippen LogP contribution in [0.3, 0.4) is 0 Å². The van der Waals surface area contributed by atoms with E-state index in [2.05, 4.69) is 36.5 Å². The lowest BCUT2D eigenvalue weighted by molar-refractivity contribution is -0.119. The van der Waals surface area contributed by atoms with Gasteiger partial charge in [-0.15, -0.1) is 0 Å². The van der Waals surface area contributed by atoms with Crippen molar-refractivity contribution in [2.75, 3.05) is 17.2 Å². The molecule has 1 aromatic carbocycles. The Kier molecular flexibility index (Phi) is 3.64. The Labute approximate surface area is 125 Å². The van der Waals surface area contributed by atoms with Crippen LogP contribution in [0, 0.1) is 5.92 Å². The first kappa shape index (κ1) is 13.1. The first-order chi connectivity index (χ1) is 9.72. The van der Waals surface area contributed by atoms with Crippen LogP contribution in [0.2, 0.25) is 0 Å². The fourth-order valence-corrected chi connectivity index (χ4v) is 2.44. The Hall–Kier alpha value is -1.95. The zero-order chi connectivity index (χ0) is 13.9. The lowest BCUT2D eigenvalue weighted by Crippen LogP contribution is -2.34. The van der Waals surface area contributed by atoms with Crippen LogP contribution >= 0.6 is 15.9 Å². The summed E-state index contributed by atoms with van der Waals surface area (Å²) in [5.74, 6) is 0.330. The largest absolute Gasteiger partial charge is 0.384 e. The maximum atomic E-state index is 12.2. The Morgan fingerprint density at radius 3 is 2.95 bits per heavy atom. The van der Waals surface area contributed by atoms with Crippen molar-refractivity contribution >= 4 is 33.3 Å². The highest BCUT2D eigenvalue weighted by Gasteiger charge is 2.24. The standard InChI is InChI=1S/C14H13BrN4O/c15-12-7-18-13(8-17-12)19-14(20)10-5-9-3-1-2-4-11(9)16-6-10/h1-4,7-8,10,16H,5-6H2,(H,18,19,20). The molecule has 0 saturated carbocycles. The number of amides is 1. The number of fused-ring (bicyclic) bond motifs is 1. The number of para-hydroxylation sites is 1. The molecule has 0 radical (unpaired) electrons. The van der Waals surface area contributed by atoms with E-state index in [1.165, 1.54) is 11.8 Å². The normalized spacial score (nSPS) is 16.9. The minimum Gasteiger partial charge on any atom is -0.384 e. The first-order valence-corrected chi connectivity index (χ1v) is 7.12. The van der Waals surface area contributed by atoms with Gasteiger partial charge in [0.2, 0.25) is 5.91 Å². The van der Waals surface area contributed by atoms with Gasteiger partial charge in [-0.25, -0.2) is 9.97 Å². The molecule has 20 heavy (non-hydrogen) atoms. The van der Waals surface area contributed by atoms with Crippen LogP contribution in [0.15, 0.2) is 41.3 Å².